The van der Waals surface area contributed by atoms with Gasteiger partial charge in [0, 0.05) is 30.8 Å². The SMILES string of the molecule is Cl.Cl.O=C(CCC1CCN(Cc2ccccc2)CC1)c1ccc2c(c1)CCCN2. The number of piperidine rings is 1. The molecule has 0 aliphatic carbocycles. The minimum absolute atomic E-state index is 0. The predicted molar refractivity (Wildman–Crippen MR) is 126 cm³/mol. The summed E-state index contributed by atoms with van der Waals surface area (Å²) in [7, 11) is 0. The highest BCUT2D eigenvalue weighted by Gasteiger charge is 2.20. The Morgan fingerprint density at radius 2 is 1.79 bits per heavy atom. The van der Waals surface area contributed by atoms with Gasteiger partial charge in [-0.15, -0.1) is 24.8 Å². The molecule has 29 heavy (non-hydrogen) atoms. The smallest absolute Gasteiger partial charge is 0.162 e. The molecular weight excluding hydrogens is 403 g/mol. The normalized spacial score (nSPS) is 16.7. The summed E-state index contributed by atoms with van der Waals surface area (Å²) in [4.78, 5) is 15.2. The molecule has 1 N–H and O–H groups in total. The summed E-state index contributed by atoms with van der Waals surface area (Å²) in [6, 6.07) is 16.9. The molecule has 0 radical (unpaired) electrons. The van der Waals surface area contributed by atoms with Crippen LogP contribution in [0.25, 0.3) is 0 Å². The van der Waals surface area contributed by atoms with E-state index in [1.54, 1.807) is 0 Å². The van der Waals surface area contributed by atoms with Gasteiger partial charge >= 0.3 is 0 Å². The van der Waals surface area contributed by atoms with Crippen LogP contribution in [0.2, 0.25) is 0 Å². The van der Waals surface area contributed by atoms with E-state index >= 15 is 0 Å². The first-order chi connectivity index (χ1) is 13.3. The van der Waals surface area contributed by atoms with Crippen LogP contribution in [0.4, 0.5) is 5.69 Å². The lowest BCUT2D eigenvalue weighted by molar-refractivity contribution is 0.0961. The van der Waals surface area contributed by atoms with Crippen molar-refractivity contribution in [3.63, 3.8) is 0 Å². The maximum absolute atomic E-state index is 12.6. The average molecular weight is 435 g/mol. The lowest BCUT2D eigenvalue weighted by Crippen LogP contribution is -2.33. The number of benzene rings is 2. The van der Waals surface area contributed by atoms with E-state index in [-0.39, 0.29) is 24.8 Å². The number of Topliss-reactive ketones (excluding diaryl/α,β-unsaturated/α-hetero) is 1. The van der Waals surface area contributed by atoms with Crippen LogP contribution in [0.3, 0.4) is 0 Å². The van der Waals surface area contributed by atoms with Crippen molar-refractivity contribution >= 4 is 36.3 Å². The molecule has 0 unspecified atom stereocenters. The summed E-state index contributed by atoms with van der Waals surface area (Å²) in [6.07, 6.45) is 6.40. The van der Waals surface area contributed by atoms with Gasteiger partial charge in [0.1, 0.15) is 0 Å². The van der Waals surface area contributed by atoms with Gasteiger partial charge in [0.25, 0.3) is 0 Å². The molecule has 0 saturated carbocycles. The van der Waals surface area contributed by atoms with Crippen LogP contribution in [0.5, 0.6) is 0 Å². The van der Waals surface area contributed by atoms with Crippen LogP contribution >= 0.6 is 24.8 Å². The number of nitrogens with zero attached hydrogens (tertiary/aromatic N) is 1. The summed E-state index contributed by atoms with van der Waals surface area (Å²) < 4.78 is 0. The maximum atomic E-state index is 12.6. The molecule has 3 nitrogen and oxygen atoms in total. The second kappa shape index (κ2) is 11.6. The molecule has 2 aromatic rings. The minimum atomic E-state index is 0. The van der Waals surface area contributed by atoms with Crippen molar-refractivity contribution in [2.24, 2.45) is 5.92 Å². The van der Waals surface area contributed by atoms with E-state index in [4.69, 9.17) is 0 Å². The van der Waals surface area contributed by atoms with E-state index < -0.39 is 0 Å². The first-order valence-electron chi connectivity index (χ1n) is 10.4. The van der Waals surface area contributed by atoms with Gasteiger partial charge < -0.3 is 5.32 Å². The van der Waals surface area contributed by atoms with Crippen molar-refractivity contribution < 1.29 is 4.79 Å². The number of likely N-dealkylation sites (tertiary alicyclic amines) is 1. The quantitative estimate of drug-likeness (QED) is 0.586. The zero-order chi connectivity index (χ0) is 18.5. The van der Waals surface area contributed by atoms with Gasteiger partial charge in [0.2, 0.25) is 0 Å². The third kappa shape index (κ3) is 6.47. The summed E-state index contributed by atoms with van der Waals surface area (Å²) in [5, 5.41) is 3.42. The number of hydrogen-bond donors (Lipinski definition) is 1. The second-order valence-electron chi connectivity index (χ2n) is 8.07. The average Bonchev–Trinajstić information content (AvgIpc) is 2.73. The number of halogens is 2. The molecule has 0 spiro atoms. The van der Waals surface area contributed by atoms with Crippen LogP contribution < -0.4 is 5.32 Å². The molecule has 0 amide bonds. The summed E-state index contributed by atoms with van der Waals surface area (Å²) in [5.41, 5.74) is 4.82. The Labute approximate surface area is 187 Å². The molecule has 2 aliphatic rings. The molecule has 158 valence electrons. The fraction of sp³-hybridized carbons (Fsp3) is 0.458. The molecule has 2 aliphatic heterocycles. The van der Waals surface area contributed by atoms with Crippen LogP contribution in [0, 0.1) is 5.92 Å². The lowest BCUT2D eigenvalue weighted by atomic mass is 9.89. The van der Waals surface area contributed by atoms with Crippen molar-refractivity contribution in [2.75, 3.05) is 25.0 Å². The van der Waals surface area contributed by atoms with Gasteiger partial charge in [-0.05, 0) is 80.4 Å². The molecule has 1 saturated heterocycles. The fourth-order valence-electron chi connectivity index (χ4n) is 4.40. The van der Waals surface area contributed by atoms with Gasteiger partial charge in [0.05, 0.1) is 0 Å². The number of hydrogen-bond acceptors (Lipinski definition) is 3. The third-order valence-electron chi connectivity index (χ3n) is 6.10. The van der Waals surface area contributed by atoms with Gasteiger partial charge in [0.15, 0.2) is 5.78 Å². The number of fused-ring (bicyclic) bond motifs is 1. The van der Waals surface area contributed by atoms with Crippen LogP contribution in [0.1, 0.15) is 53.6 Å². The van der Waals surface area contributed by atoms with Crippen LogP contribution in [-0.2, 0) is 13.0 Å². The zero-order valence-electron chi connectivity index (χ0n) is 16.9. The Hall–Kier alpha value is -1.55. The largest absolute Gasteiger partial charge is 0.385 e. The molecule has 2 heterocycles. The number of nitrogens with one attached hydrogen (secondary N) is 1. The Kier molecular flexibility index (Phi) is 9.48. The molecular formula is C24H32Cl2N2O. The number of carbonyl (C=O) groups excluding carboxylic acids is 1. The topological polar surface area (TPSA) is 32.3 Å². The highest BCUT2D eigenvalue weighted by atomic mass is 35.5. The number of carbonyl (C=O) groups is 1. The van der Waals surface area contributed by atoms with E-state index in [1.165, 1.54) is 29.7 Å². The highest BCUT2D eigenvalue weighted by Crippen LogP contribution is 2.26. The molecule has 1 fully saturated rings. The number of aryl methyl sites for hydroxylation is 1. The van der Waals surface area contributed by atoms with E-state index in [2.05, 4.69) is 52.7 Å². The van der Waals surface area contributed by atoms with Crippen LogP contribution in [-0.4, -0.2) is 30.3 Å². The fourth-order valence-corrected chi connectivity index (χ4v) is 4.40. The van der Waals surface area contributed by atoms with Gasteiger partial charge in [-0.3, -0.25) is 9.69 Å². The molecule has 0 atom stereocenters. The monoisotopic (exact) mass is 434 g/mol. The minimum Gasteiger partial charge on any atom is -0.385 e. The molecule has 5 heteroatoms. The summed E-state index contributed by atoms with van der Waals surface area (Å²) in [6.45, 7) is 4.40. The molecule has 4 rings (SSSR count). The van der Waals surface area contributed by atoms with E-state index in [1.807, 2.05) is 6.07 Å². The van der Waals surface area contributed by atoms with Gasteiger partial charge in [-0.2, -0.15) is 0 Å². The zero-order valence-corrected chi connectivity index (χ0v) is 18.6. The first kappa shape index (κ1) is 23.7. The second-order valence-corrected chi connectivity index (χ2v) is 8.07. The predicted octanol–water partition coefficient (Wildman–Crippen LogP) is 5.76. The Balaban J connectivity index is 0.00000150. The van der Waals surface area contributed by atoms with E-state index in [9.17, 15) is 4.79 Å². The van der Waals surface area contributed by atoms with Crippen molar-refractivity contribution in [2.45, 2.75) is 45.1 Å². The molecule has 0 bridgehead atoms. The number of anilines is 1. The molecule has 2 aromatic carbocycles. The number of ketones is 1. The Morgan fingerprint density at radius 1 is 1.03 bits per heavy atom. The summed E-state index contributed by atoms with van der Waals surface area (Å²) in [5.74, 6) is 1.01. The van der Waals surface area contributed by atoms with E-state index in [0.29, 0.717) is 18.1 Å². The lowest BCUT2D eigenvalue weighted by Gasteiger charge is -2.32. The first-order valence-corrected chi connectivity index (χ1v) is 10.4. The maximum Gasteiger partial charge on any atom is 0.162 e. The van der Waals surface area contributed by atoms with Gasteiger partial charge in [-0.1, -0.05) is 30.3 Å². The third-order valence-corrected chi connectivity index (χ3v) is 6.10. The van der Waals surface area contributed by atoms with Crippen molar-refractivity contribution in [1.29, 1.82) is 0 Å². The van der Waals surface area contributed by atoms with Crippen LogP contribution in [0.15, 0.2) is 48.5 Å². The van der Waals surface area contributed by atoms with Crippen molar-refractivity contribution in [3.8, 4) is 0 Å². The Bertz CT molecular complexity index is 774. The standard InChI is InChI=1S/C24H30N2O.2ClH/c27-24(22-9-10-23-21(17-22)7-4-14-25-23)11-8-19-12-15-26(16-13-19)18-20-5-2-1-3-6-20;;/h1-3,5-6,9-10,17,19,25H,4,7-8,11-16,18H2;2*1H. The van der Waals surface area contributed by atoms with E-state index in [0.717, 1.165) is 51.0 Å². The molecule has 0 aromatic heterocycles. The van der Waals surface area contributed by atoms with Crippen molar-refractivity contribution in [1.82, 2.24) is 4.90 Å². The van der Waals surface area contributed by atoms with Crippen molar-refractivity contribution in [3.05, 3.63) is 65.2 Å². The Morgan fingerprint density at radius 3 is 2.55 bits per heavy atom. The summed E-state index contributed by atoms with van der Waals surface area (Å²) >= 11 is 0. The van der Waals surface area contributed by atoms with Gasteiger partial charge in [-0.25, -0.2) is 0 Å². The highest BCUT2D eigenvalue weighted by molar-refractivity contribution is 5.96. The number of rotatable bonds is 6.